The molecule has 17 heavy (non-hydrogen) atoms. The van der Waals surface area contributed by atoms with Crippen LogP contribution in [0.4, 0.5) is 0 Å². The summed E-state index contributed by atoms with van der Waals surface area (Å²) in [5.41, 5.74) is 1.27. The molecule has 0 amide bonds. The SMILES string of the molecule is OC1CCN(CCC=Cc2ccccc2)CC1. The molecule has 1 saturated heterocycles. The Morgan fingerprint density at radius 1 is 1.18 bits per heavy atom. The van der Waals surface area contributed by atoms with Gasteiger partial charge in [-0.15, -0.1) is 0 Å². The van der Waals surface area contributed by atoms with Crippen LogP contribution in [0.2, 0.25) is 0 Å². The van der Waals surface area contributed by atoms with Gasteiger partial charge in [0.25, 0.3) is 0 Å². The molecule has 2 heteroatoms. The highest BCUT2D eigenvalue weighted by Gasteiger charge is 2.15. The van der Waals surface area contributed by atoms with Gasteiger partial charge in [-0.3, -0.25) is 0 Å². The van der Waals surface area contributed by atoms with Crippen LogP contribution in [0.5, 0.6) is 0 Å². The second-order valence-corrected chi connectivity index (χ2v) is 4.67. The zero-order chi connectivity index (χ0) is 11.9. The smallest absolute Gasteiger partial charge is 0.0564 e. The molecule has 2 nitrogen and oxygen atoms in total. The third kappa shape index (κ3) is 4.33. The summed E-state index contributed by atoms with van der Waals surface area (Å²) in [6, 6.07) is 10.4. The highest BCUT2D eigenvalue weighted by molar-refractivity contribution is 5.48. The van der Waals surface area contributed by atoms with Gasteiger partial charge in [0.05, 0.1) is 6.10 Å². The Hall–Kier alpha value is -1.12. The molecule has 1 aliphatic heterocycles. The van der Waals surface area contributed by atoms with Crippen molar-refractivity contribution in [1.29, 1.82) is 0 Å². The lowest BCUT2D eigenvalue weighted by Gasteiger charge is -2.28. The van der Waals surface area contributed by atoms with Crippen molar-refractivity contribution in [3.63, 3.8) is 0 Å². The topological polar surface area (TPSA) is 23.5 Å². The first-order valence-electron chi connectivity index (χ1n) is 6.46. The zero-order valence-electron chi connectivity index (χ0n) is 10.3. The highest BCUT2D eigenvalue weighted by Crippen LogP contribution is 2.10. The van der Waals surface area contributed by atoms with Crippen LogP contribution in [-0.4, -0.2) is 35.7 Å². The first-order chi connectivity index (χ1) is 8.34. The third-order valence-corrected chi connectivity index (χ3v) is 3.28. The molecule has 0 radical (unpaired) electrons. The van der Waals surface area contributed by atoms with Gasteiger partial charge >= 0.3 is 0 Å². The average Bonchev–Trinajstić information content (AvgIpc) is 2.38. The van der Waals surface area contributed by atoms with E-state index in [1.165, 1.54) is 5.56 Å². The minimum Gasteiger partial charge on any atom is -0.393 e. The van der Waals surface area contributed by atoms with Crippen LogP contribution in [0, 0.1) is 0 Å². The summed E-state index contributed by atoms with van der Waals surface area (Å²) in [4.78, 5) is 2.43. The van der Waals surface area contributed by atoms with E-state index in [-0.39, 0.29) is 6.10 Å². The molecule has 0 spiro atoms. The van der Waals surface area contributed by atoms with E-state index < -0.39 is 0 Å². The minimum absolute atomic E-state index is 0.0638. The summed E-state index contributed by atoms with van der Waals surface area (Å²) in [5, 5.41) is 9.41. The van der Waals surface area contributed by atoms with Crippen molar-refractivity contribution in [2.45, 2.75) is 25.4 Å². The van der Waals surface area contributed by atoms with E-state index in [1.54, 1.807) is 0 Å². The first kappa shape index (κ1) is 12.3. The van der Waals surface area contributed by atoms with Gasteiger partial charge in [0.2, 0.25) is 0 Å². The average molecular weight is 231 g/mol. The summed E-state index contributed by atoms with van der Waals surface area (Å²) >= 11 is 0. The van der Waals surface area contributed by atoms with Gasteiger partial charge in [-0.1, -0.05) is 42.5 Å². The third-order valence-electron chi connectivity index (χ3n) is 3.28. The summed E-state index contributed by atoms with van der Waals surface area (Å²) in [6.45, 7) is 3.19. The molecule has 0 saturated carbocycles. The van der Waals surface area contributed by atoms with Crippen molar-refractivity contribution in [3.8, 4) is 0 Å². The Kier molecular flexibility index (Phi) is 4.77. The minimum atomic E-state index is -0.0638. The predicted octanol–water partition coefficient (Wildman–Crippen LogP) is 2.55. The van der Waals surface area contributed by atoms with Crippen molar-refractivity contribution in [1.82, 2.24) is 4.90 Å². The van der Waals surface area contributed by atoms with E-state index in [9.17, 15) is 5.11 Å². The highest BCUT2D eigenvalue weighted by atomic mass is 16.3. The molecule has 0 bridgehead atoms. The Morgan fingerprint density at radius 3 is 2.59 bits per heavy atom. The molecule has 92 valence electrons. The Labute approximate surface area is 104 Å². The zero-order valence-corrected chi connectivity index (χ0v) is 10.3. The quantitative estimate of drug-likeness (QED) is 0.861. The number of nitrogens with zero attached hydrogens (tertiary/aromatic N) is 1. The van der Waals surface area contributed by atoms with Crippen LogP contribution >= 0.6 is 0 Å². The van der Waals surface area contributed by atoms with Gasteiger partial charge in [0.15, 0.2) is 0 Å². The summed E-state index contributed by atoms with van der Waals surface area (Å²) in [6.07, 6.45) is 7.31. The molecule has 1 N–H and O–H groups in total. The summed E-state index contributed by atoms with van der Waals surface area (Å²) < 4.78 is 0. The van der Waals surface area contributed by atoms with Crippen LogP contribution in [0.15, 0.2) is 36.4 Å². The molecule has 0 unspecified atom stereocenters. The number of hydrogen-bond acceptors (Lipinski definition) is 2. The maximum atomic E-state index is 9.41. The lowest BCUT2D eigenvalue weighted by molar-refractivity contribution is 0.0835. The Bertz CT molecular complexity index is 339. The molecule has 0 aliphatic carbocycles. The van der Waals surface area contributed by atoms with Crippen LogP contribution in [0.3, 0.4) is 0 Å². The van der Waals surface area contributed by atoms with Crippen LogP contribution in [-0.2, 0) is 0 Å². The second kappa shape index (κ2) is 6.58. The largest absolute Gasteiger partial charge is 0.393 e. The number of rotatable bonds is 4. The second-order valence-electron chi connectivity index (χ2n) is 4.67. The van der Waals surface area contributed by atoms with Crippen LogP contribution < -0.4 is 0 Å². The lowest BCUT2D eigenvalue weighted by atomic mass is 10.1. The maximum Gasteiger partial charge on any atom is 0.0564 e. The van der Waals surface area contributed by atoms with E-state index >= 15 is 0 Å². The molecule has 1 heterocycles. The molecule has 2 rings (SSSR count). The number of piperidine rings is 1. The van der Waals surface area contributed by atoms with E-state index in [4.69, 9.17) is 0 Å². The summed E-state index contributed by atoms with van der Waals surface area (Å²) in [5.74, 6) is 0. The number of likely N-dealkylation sites (tertiary alicyclic amines) is 1. The van der Waals surface area contributed by atoms with Gasteiger partial charge in [0.1, 0.15) is 0 Å². The van der Waals surface area contributed by atoms with Crippen molar-refractivity contribution < 1.29 is 5.11 Å². The van der Waals surface area contributed by atoms with Crippen molar-refractivity contribution in [2.75, 3.05) is 19.6 Å². The van der Waals surface area contributed by atoms with Gasteiger partial charge in [-0.2, -0.15) is 0 Å². The van der Waals surface area contributed by atoms with Gasteiger partial charge < -0.3 is 10.0 Å². The lowest BCUT2D eigenvalue weighted by Crippen LogP contribution is -2.36. The molecule has 1 aliphatic rings. The van der Waals surface area contributed by atoms with E-state index in [0.717, 1.165) is 38.9 Å². The molecular weight excluding hydrogens is 210 g/mol. The fourth-order valence-electron chi connectivity index (χ4n) is 2.18. The monoisotopic (exact) mass is 231 g/mol. The summed E-state index contributed by atoms with van der Waals surface area (Å²) in [7, 11) is 0. The molecule has 0 aromatic heterocycles. The Morgan fingerprint density at radius 2 is 1.88 bits per heavy atom. The molecule has 0 atom stereocenters. The van der Waals surface area contributed by atoms with E-state index in [1.807, 2.05) is 6.07 Å². The Balaban J connectivity index is 1.68. The molecular formula is C15H21NO. The number of benzene rings is 1. The predicted molar refractivity (Wildman–Crippen MR) is 71.8 cm³/mol. The first-order valence-corrected chi connectivity index (χ1v) is 6.46. The van der Waals surface area contributed by atoms with E-state index in [0.29, 0.717) is 0 Å². The fourth-order valence-corrected chi connectivity index (χ4v) is 2.18. The van der Waals surface area contributed by atoms with Gasteiger partial charge in [-0.05, 0) is 24.8 Å². The molecule has 1 aromatic carbocycles. The van der Waals surface area contributed by atoms with Crippen LogP contribution in [0.25, 0.3) is 6.08 Å². The fraction of sp³-hybridized carbons (Fsp3) is 0.467. The maximum absolute atomic E-state index is 9.41. The van der Waals surface area contributed by atoms with Crippen LogP contribution in [0.1, 0.15) is 24.8 Å². The van der Waals surface area contributed by atoms with E-state index in [2.05, 4.69) is 41.3 Å². The standard InChI is InChI=1S/C15H21NO/c17-15-9-12-16(13-10-15)11-5-4-8-14-6-2-1-3-7-14/h1-4,6-8,15,17H,5,9-13H2. The van der Waals surface area contributed by atoms with Gasteiger partial charge in [0, 0.05) is 19.6 Å². The number of aliphatic hydroxyl groups is 1. The normalized spacial score (nSPS) is 18.9. The number of aliphatic hydroxyl groups excluding tert-OH is 1. The number of hydrogen-bond donors (Lipinski definition) is 1. The molecule has 1 fully saturated rings. The van der Waals surface area contributed by atoms with Gasteiger partial charge in [-0.25, -0.2) is 0 Å². The van der Waals surface area contributed by atoms with Crippen molar-refractivity contribution in [3.05, 3.63) is 42.0 Å². The van der Waals surface area contributed by atoms with Crippen molar-refractivity contribution in [2.24, 2.45) is 0 Å². The van der Waals surface area contributed by atoms with Crippen molar-refractivity contribution >= 4 is 6.08 Å². The molecule has 1 aromatic rings.